The van der Waals surface area contributed by atoms with Crippen LogP contribution in [0.4, 0.5) is 0 Å². The predicted molar refractivity (Wildman–Crippen MR) is 87.0 cm³/mol. The SMILES string of the molecule is CC.COc1cnc(CN)cc1-c1cn2ccnc2c(Cl)n1. The van der Waals surface area contributed by atoms with E-state index in [4.69, 9.17) is 22.1 Å². The lowest BCUT2D eigenvalue weighted by Gasteiger charge is -2.10. The first kappa shape index (κ1) is 16.2. The van der Waals surface area contributed by atoms with E-state index in [-0.39, 0.29) is 0 Å². The first-order valence-corrected chi connectivity index (χ1v) is 7.33. The minimum atomic E-state index is 0.334. The summed E-state index contributed by atoms with van der Waals surface area (Å²) in [6.07, 6.45) is 6.95. The molecule has 0 saturated heterocycles. The summed E-state index contributed by atoms with van der Waals surface area (Å²) in [5, 5.41) is 0.334. The molecule has 0 bridgehead atoms. The molecule has 2 N–H and O–H groups in total. The highest BCUT2D eigenvalue weighted by molar-refractivity contribution is 6.32. The van der Waals surface area contributed by atoms with Crippen LogP contribution in [0.2, 0.25) is 5.15 Å². The molecule has 0 atom stereocenters. The van der Waals surface area contributed by atoms with Crippen molar-refractivity contribution in [2.75, 3.05) is 7.11 Å². The summed E-state index contributed by atoms with van der Waals surface area (Å²) >= 11 is 6.15. The molecule has 6 nitrogen and oxygen atoms in total. The molecule has 3 aromatic rings. The minimum Gasteiger partial charge on any atom is -0.494 e. The Labute approximate surface area is 133 Å². The number of hydrogen-bond donors (Lipinski definition) is 1. The summed E-state index contributed by atoms with van der Waals surface area (Å²) < 4.78 is 7.13. The van der Waals surface area contributed by atoms with Gasteiger partial charge in [-0.25, -0.2) is 9.97 Å². The number of methoxy groups -OCH3 is 1. The van der Waals surface area contributed by atoms with E-state index in [9.17, 15) is 0 Å². The average Bonchev–Trinajstić information content (AvgIpc) is 3.05. The Balaban J connectivity index is 0.000000847. The highest BCUT2D eigenvalue weighted by atomic mass is 35.5. The van der Waals surface area contributed by atoms with Crippen molar-refractivity contribution in [3.8, 4) is 17.0 Å². The maximum atomic E-state index is 6.15. The van der Waals surface area contributed by atoms with Gasteiger partial charge in [-0.05, 0) is 6.07 Å². The minimum absolute atomic E-state index is 0.334. The first-order chi connectivity index (χ1) is 10.7. The Morgan fingerprint density at radius 1 is 1.32 bits per heavy atom. The van der Waals surface area contributed by atoms with E-state index in [0.29, 0.717) is 28.8 Å². The van der Waals surface area contributed by atoms with Crippen LogP contribution in [0.1, 0.15) is 19.5 Å². The fourth-order valence-electron chi connectivity index (χ4n) is 1.98. The van der Waals surface area contributed by atoms with Gasteiger partial charge in [-0.3, -0.25) is 4.98 Å². The molecule has 0 amide bonds. The van der Waals surface area contributed by atoms with Crippen LogP contribution in [0.15, 0.2) is 30.9 Å². The molecule has 0 radical (unpaired) electrons. The van der Waals surface area contributed by atoms with E-state index in [0.717, 1.165) is 11.3 Å². The second-order valence-corrected chi connectivity index (χ2v) is 4.51. The molecule has 7 heteroatoms. The number of imidazole rings is 1. The molecule has 3 rings (SSSR count). The predicted octanol–water partition coefficient (Wildman–Crippen LogP) is 2.94. The molecule has 0 aromatic carbocycles. The van der Waals surface area contributed by atoms with Crippen molar-refractivity contribution >= 4 is 17.2 Å². The molecule has 3 heterocycles. The largest absolute Gasteiger partial charge is 0.494 e. The Morgan fingerprint density at radius 3 is 2.77 bits per heavy atom. The Bertz CT molecular complexity index is 772. The zero-order chi connectivity index (χ0) is 16.1. The number of nitrogens with zero attached hydrogens (tertiary/aromatic N) is 4. The number of fused-ring (bicyclic) bond motifs is 1. The zero-order valence-corrected chi connectivity index (χ0v) is 13.5. The Kier molecular flexibility index (Phi) is 5.30. The first-order valence-electron chi connectivity index (χ1n) is 6.95. The second kappa shape index (κ2) is 7.20. The molecule has 0 unspecified atom stereocenters. The van der Waals surface area contributed by atoms with Crippen molar-refractivity contribution in [1.29, 1.82) is 0 Å². The summed E-state index contributed by atoms with van der Waals surface area (Å²) in [6.45, 7) is 4.35. The molecular formula is C15H18ClN5O. The number of pyridine rings is 1. The lowest BCUT2D eigenvalue weighted by atomic mass is 10.1. The van der Waals surface area contributed by atoms with E-state index < -0.39 is 0 Å². The lowest BCUT2D eigenvalue weighted by Crippen LogP contribution is -2.02. The van der Waals surface area contributed by atoms with Gasteiger partial charge >= 0.3 is 0 Å². The second-order valence-electron chi connectivity index (χ2n) is 4.16. The zero-order valence-electron chi connectivity index (χ0n) is 12.7. The van der Waals surface area contributed by atoms with Crippen molar-refractivity contribution in [2.24, 2.45) is 5.73 Å². The maximum Gasteiger partial charge on any atom is 0.174 e. The van der Waals surface area contributed by atoms with Gasteiger partial charge in [0.05, 0.1) is 24.7 Å². The van der Waals surface area contributed by atoms with Crippen LogP contribution in [0, 0.1) is 0 Å². The number of aromatic nitrogens is 4. The van der Waals surface area contributed by atoms with Gasteiger partial charge in [-0.1, -0.05) is 25.4 Å². The summed E-state index contributed by atoms with van der Waals surface area (Å²) in [5.74, 6) is 0.616. The number of nitrogens with two attached hydrogens (primary N) is 1. The molecule has 116 valence electrons. The van der Waals surface area contributed by atoms with Crippen molar-refractivity contribution in [3.05, 3.63) is 41.7 Å². The topological polar surface area (TPSA) is 78.3 Å². The van der Waals surface area contributed by atoms with Gasteiger partial charge in [0.15, 0.2) is 10.8 Å². The average molecular weight is 320 g/mol. The monoisotopic (exact) mass is 319 g/mol. The fraction of sp³-hybridized carbons (Fsp3) is 0.267. The maximum absolute atomic E-state index is 6.15. The Morgan fingerprint density at radius 2 is 2.09 bits per heavy atom. The van der Waals surface area contributed by atoms with Crippen LogP contribution >= 0.6 is 11.6 Å². The van der Waals surface area contributed by atoms with Gasteiger partial charge in [-0.15, -0.1) is 0 Å². The molecule has 0 fully saturated rings. The van der Waals surface area contributed by atoms with Crippen LogP contribution < -0.4 is 10.5 Å². The number of hydrogen-bond acceptors (Lipinski definition) is 5. The smallest absolute Gasteiger partial charge is 0.174 e. The third-order valence-corrected chi connectivity index (χ3v) is 3.22. The van der Waals surface area contributed by atoms with Crippen molar-refractivity contribution in [3.63, 3.8) is 0 Å². The van der Waals surface area contributed by atoms with Crippen LogP contribution in [0.3, 0.4) is 0 Å². The standard InChI is InChI=1S/C13H12ClN5O.C2H6/c1-20-11-6-17-8(5-15)4-9(11)10-7-19-3-2-16-13(19)12(14)18-10;1-2/h2-4,6-7H,5,15H2,1H3;1-2H3. The van der Waals surface area contributed by atoms with E-state index in [2.05, 4.69) is 15.0 Å². The highest BCUT2D eigenvalue weighted by Crippen LogP contribution is 2.30. The third kappa shape index (κ3) is 3.03. The quantitative estimate of drug-likeness (QED) is 0.803. The summed E-state index contributed by atoms with van der Waals surface area (Å²) in [5.41, 5.74) is 8.46. The van der Waals surface area contributed by atoms with Gasteiger partial charge in [0, 0.05) is 30.7 Å². The number of ether oxygens (including phenoxy) is 1. The number of rotatable bonds is 3. The van der Waals surface area contributed by atoms with Gasteiger partial charge in [0.1, 0.15) is 5.75 Å². The summed E-state index contributed by atoms with van der Waals surface area (Å²) in [7, 11) is 1.58. The van der Waals surface area contributed by atoms with Crippen LogP contribution in [0.5, 0.6) is 5.75 Å². The summed E-state index contributed by atoms with van der Waals surface area (Å²) in [6, 6.07) is 1.85. The molecule has 0 aliphatic heterocycles. The van der Waals surface area contributed by atoms with E-state index in [1.807, 2.05) is 36.7 Å². The number of halogens is 1. The van der Waals surface area contributed by atoms with Crippen molar-refractivity contribution in [1.82, 2.24) is 19.4 Å². The lowest BCUT2D eigenvalue weighted by molar-refractivity contribution is 0.414. The normalized spacial score (nSPS) is 10.2. The fourth-order valence-corrected chi connectivity index (χ4v) is 2.22. The van der Waals surface area contributed by atoms with Crippen LogP contribution in [-0.4, -0.2) is 26.5 Å². The van der Waals surface area contributed by atoms with Crippen molar-refractivity contribution in [2.45, 2.75) is 20.4 Å². The van der Waals surface area contributed by atoms with Crippen LogP contribution in [-0.2, 0) is 6.54 Å². The molecule has 0 aliphatic carbocycles. The van der Waals surface area contributed by atoms with Gasteiger partial charge in [-0.2, -0.15) is 0 Å². The Hall–Kier alpha value is -2.18. The molecule has 22 heavy (non-hydrogen) atoms. The van der Waals surface area contributed by atoms with E-state index >= 15 is 0 Å². The van der Waals surface area contributed by atoms with Gasteiger partial charge < -0.3 is 14.9 Å². The van der Waals surface area contributed by atoms with Crippen molar-refractivity contribution < 1.29 is 4.74 Å². The molecular weight excluding hydrogens is 302 g/mol. The van der Waals surface area contributed by atoms with Gasteiger partial charge in [0.2, 0.25) is 0 Å². The van der Waals surface area contributed by atoms with Gasteiger partial charge in [0.25, 0.3) is 0 Å². The van der Waals surface area contributed by atoms with E-state index in [1.165, 1.54) is 0 Å². The third-order valence-electron chi connectivity index (χ3n) is 2.96. The molecule has 0 aliphatic rings. The highest BCUT2D eigenvalue weighted by Gasteiger charge is 2.12. The molecule has 0 saturated carbocycles. The molecule has 0 spiro atoms. The van der Waals surface area contributed by atoms with E-state index in [1.54, 1.807) is 19.5 Å². The molecule has 3 aromatic heterocycles. The summed E-state index contributed by atoms with van der Waals surface area (Å²) in [4.78, 5) is 12.7. The van der Waals surface area contributed by atoms with Crippen LogP contribution in [0.25, 0.3) is 16.9 Å².